The number of aliphatic carboxylic acids is 1. The summed E-state index contributed by atoms with van der Waals surface area (Å²) in [6, 6.07) is 8.35. The Morgan fingerprint density at radius 2 is 2.11 bits per heavy atom. The van der Waals surface area contributed by atoms with Gasteiger partial charge in [-0.25, -0.2) is 4.79 Å². The molecule has 2 rings (SSSR count). The molecule has 0 radical (unpaired) electrons. The molecule has 0 spiro atoms. The molecule has 6 nitrogen and oxygen atoms in total. The van der Waals surface area contributed by atoms with Gasteiger partial charge < -0.3 is 14.6 Å². The van der Waals surface area contributed by atoms with Crippen LogP contribution < -0.4 is 5.32 Å². The summed E-state index contributed by atoms with van der Waals surface area (Å²) in [5, 5.41) is 11.3. The Bertz CT molecular complexity index is 433. The van der Waals surface area contributed by atoms with E-state index in [1.54, 1.807) is 0 Å². The van der Waals surface area contributed by atoms with Crippen LogP contribution in [0.25, 0.3) is 0 Å². The normalized spacial score (nSPS) is 22.7. The zero-order valence-electron chi connectivity index (χ0n) is 9.54. The van der Waals surface area contributed by atoms with Crippen LogP contribution in [-0.2, 0) is 25.7 Å². The minimum absolute atomic E-state index is 0.0412. The SMILES string of the molecule is O=C(O)C1COC(C(=O)OCc2ccccc2)N1. The topological polar surface area (TPSA) is 84.9 Å². The maximum atomic E-state index is 11.6. The first-order valence-corrected chi connectivity index (χ1v) is 5.48. The number of ether oxygens (including phenoxy) is 2. The van der Waals surface area contributed by atoms with Gasteiger partial charge in [0.15, 0.2) is 0 Å². The zero-order chi connectivity index (χ0) is 13.0. The van der Waals surface area contributed by atoms with Crippen LogP contribution in [-0.4, -0.2) is 35.9 Å². The van der Waals surface area contributed by atoms with Crippen molar-refractivity contribution < 1.29 is 24.2 Å². The van der Waals surface area contributed by atoms with Crippen molar-refractivity contribution in [2.45, 2.75) is 18.9 Å². The maximum absolute atomic E-state index is 11.6. The molecule has 1 aromatic carbocycles. The average Bonchev–Trinajstić information content (AvgIpc) is 2.87. The Labute approximate surface area is 104 Å². The highest BCUT2D eigenvalue weighted by molar-refractivity contribution is 5.79. The lowest BCUT2D eigenvalue weighted by Crippen LogP contribution is -2.41. The zero-order valence-corrected chi connectivity index (χ0v) is 9.54. The Morgan fingerprint density at radius 3 is 2.72 bits per heavy atom. The number of carboxylic acids is 1. The van der Waals surface area contributed by atoms with Crippen molar-refractivity contribution >= 4 is 11.9 Å². The standard InChI is InChI=1S/C12H13NO5/c14-11(15)9-7-17-10(13-9)12(16)18-6-8-4-2-1-3-5-8/h1-5,9-10,13H,6-7H2,(H,14,15). The fourth-order valence-electron chi connectivity index (χ4n) is 1.55. The first-order valence-electron chi connectivity index (χ1n) is 5.48. The molecular formula is C12H13NO5. The Kier molecular flexibility index (Phi) is 3.91. The summed E-state index contributed by atoms with van der Waals surface area (Å²) in [5.74, 6) is -1.66. The van der Waals surface area contributed by atoms with E-state index in [9.17, 15) is 9.59 Å². The minimum Gasteiger partial charge on any atom is -0.480 e. The van der Waals surface area contributed by atoms with E-state index < -0.39 is 24.2 Å². The van der Waals surface area contributed by atoms with E-state index >= 15 is 0 Å². The van der Waals surface area contributed by atoms with Crippen LogP contribution in [0.1, 0.15) is 5.56 Å². The average molecular weight is 251 g/mol. The van der Waals surface area contributed by atoms with Gasteiger partial charge in [0.25, 0.3) is 0 Å². The van der Waals surface area contributed by atoms with Crippen LogP contribution in [0.15, 0.2) is 30.3 Å². The molecule has 2 unspecified atom stereocenters. The number of carbonyl (C=O) groups is 2. The number of esters is 1. The molecule has 1 heterocycles. The molecule has 1 aliphatic heterocycles. The lowest BCUT2D eigenvalue weighted by atomic mass is 10.2. The first kappa shape index (κ1) is 12.5. The molecule has 96 valence electrons. The van der Waals surface area contributed by atoms with Gasteiger partial charge in [-0.1, -0.05) is 30.3 Å². The third kappa shape index (κ3) is 3.06. The minimum atomic E-state index is -1.05. The van der Waals surface area contributed by atoms with Crippen LogP contribution in [0.5, 0.6) is 0 Å². The number of hydrogen-bond acceptors (Lipinski definition) is 5. The molecule has 1 saturated heterocycles. The van der Waals surface area contributed by atoms with Gasteiger partial charge in [0.1, 0.15) is 12.6 Å². The smallest absolute Gasteiger partial charge is 0.350 e. The molecule has 0 aliphatic carbocycles. The summed E-state index contributed by atoms with van der Waals surface area (Å²) in [4.78, 5) is 22.2. The maximum Gasteiger partial charge on any atom is 0.350 e. The van der Waals surface area contributed by atoms with E-state index in [1.165, 1.54) is 0 Å². The first-order chi connectivity index (χ1) is 8.66. The third-order valence-electron chi connectivity index (χ3n) is 2.52. The van der Waals surface area contributed by atoms with Crippen molar-refractivity contribution in [3.63, 3.8) is 0 Å². The molecule has 0 amide bonds. The predicted octanol–water partition coefficient (Wildman–Crippen LogP) is 0.129. The van der Waals surface area contributed by atoms with Crippen LogP contribution in [0.3, 0.4) is 0 Å². The molecule has 2 N–H and O–H groups in total. The number of nitrogens with one attached hydrogen (secondary N) is 1. The van der Waals surface area contributed by atoms with E-state index in [1.807, 2.05) is 30.3 Å². The van der Waals surface area contributed by atoms with E-state index in [2.05, 4.69) is 5.32 Å². The molecule has 0 saturated carbocycles. The van der Waals surface area contributed by atoms with Crippen LogP contribution in [0.4, 0.5) is 0 Å². The van der Waals surface area contributed by atoms with Gasteiger partial charge in [-0.3, -0.25) is 10.1 Å². The summed E-state index contributed by atoms with van der Waals surface area (Å²) in [6.45, 7) is 0.0966. The number of carboxylic acid groups (broad SMARTS) is 1. The fourth-order valence-corrected chi connectivity index (χ4v) is 1.55. The quantitative estimate of drug-likeness (QED) is 0.740. The third-order valence-corrected chi connectivity index (χ3v) is 2.52. The molecule has 1 aromatic rings. The molecule has 0 bridgehead atoms. The summed E-state index contributed by atoms with van der Waals surface area (Å²) >= 11 is 0. The van der Waals surface area contributed by atoms with Gasteiger partial charge in [-0.05, 0) is 5.56 Å². The van der Waals surface area contributed by atoms with Crippen molar-refractivity contribution in [1.82, 2.24) is 5.32 Å². The highest BCUT2D eigenvalue weighted by Crippen LogP contribution is 2.07. The molecule has 0 aromatic heterocycles. The molecule has 2 atom stereocenters. The molecule has 6 heteroatoms. The van der Waals surface area contributed by atoms with E-state index in [0.29, 0.717) is 0 Å². The monoisotopic (exact) mass is 251 g/mol. The summed E-state index contributed by atoms with van der Waals surface area (Å²) < 4.78 is 10.0. The Hall–Kier alpha value is -1.92. The number of benzene rings is 1. The van der Waals surface area contributed by atoms with Crippen molar-refractivity contribution in [3.05, 3.63) is 35.9 Å². The summed E-state index contributed by atoms with van der Waals surface area (Å²) in [6.07, 6.45) is -1.00. The lowest BCUT2D eigenvalue weighted by Gasteiger charge is -2.10. The number of rotatable bonds is 4. The largest absolute Gasteiger partial charge is 0.480 e. The van der Waals surface area contributed by atoms with E-state index in [-0.39, 0.29) is 13.2 Å². The number of hydrogen-bond donors (Lipinski definition) is 2. The van der Waals surface area contributed by atoms with E-state index in [0.717, 1.165) is 5.56 Å². The highest BCUT2D eigenvalue weighted by atomic mass is 16.6. The molecule has 1 aliphatic rings. The van der Waals surface area contributed by atoms with Crippen LogP contribution >= 0.6 is 0 Å². The molecule has 18 heavy (non-hydrogen) atoms. The van der Waals surface area contributed by atoms with Gasteiger partial charge in [0.2, 0.25) is 6.23 Å². The second kappa shape index (κ2) is 5.61. The lowest BCUT2D eigenvalue weighted by molar-refractivity contribution is -0.156. The Balaban J connectivity index is 1.81. The van der Waals surface area contributed by atoms with Gasteiger partial charge in [-0.15, -0.1) is 0 Å². The summed E-state index contributed by atoms with van der Waals surface area (Å²) in [7, 11) is 0. The van der Waals surface area contributed by atoms with Crippen molar-refractivity contribution in [3.8, 4) is 0 Å². The molecular weight excluding hydrogens is 238 g/mol. The van der Waals surface area contributed by atoms with Gasteiger partial charge >= 0.3 is 11.9 Å². The van der Waals surface area contributed by atoms with Crippen LogP contribution in [0, 0.1) is 0 Å². The van der Waals surface area contributed by atoms with Gasteiger partial charge in [0, 0.05) is 0 Å². The van der Waals surface area contributed by atoms with Crippen molar-refractivity contribution in [2.24, 2.45) is 0 Å². The van der Waals surface area contributed by atoms with Crippen molar-refractivity contribution in [2.75, 3.05) is 6.61 Å². The summed E-state index contributed by atoms with van der Waals surface area (Å²) in [5.41, 5.74) is 0.860. The number of carbonyl (C=O) groups excluding carboxylic acids is 1. The van der Waals surface area contributed by atoms with Crippen molar-refractivity contribution in [1.29, 1.82) is 0 Å². The van der Waals surface area contributed by atoms with E-state index in [4.69, 9.17) is 14.6 Å². The predicted molar refractivity (Wildman–Crippen MR) is 60.5 cm³/mol. The highest BCUT2D eigenvalue weighted by Gasteiger charge is 2.34. The second-order valence-corrected chi connectivity index (χ2v) is 3.86. The van der Waals surface area contributed by atoms with Gasteiger partial charge in [-0.2, -0.15) is 0 Å². The Morgan fingerprint density at radius 1 is 1.39 bits per heavy atom. The second-order valence-electron chi connectivity index (χ2n) is 3.86. The fraction of sp³-hybridized carbons (Fsp3) is 0.333. The molecule has 1 fully saturated rings. The van der Waals surface area contributed by atoms with Gasteiger partial charge in [0.05, 0.1) is 6.61 Å². The van der Waals surface area contributed by atoms with Crippen LogP contribution in [0.2, 0.25) is 0 Å².